The Morgan fingerprint density at radius 3 is 0.833 bits per heavy atom. The Hall–Kier alpha value is -3.96. The molecule has 1 N–H and O–H groups in total. The van der Waals surface area contributed by atoms with Gasteiger partial charge in [0.1, 0.15) is 6.61 Å². The van der Waals surface area contributed by atoms with Gasteiger partial charge in [0.2, 0.25) is 0 Å². The largest absolute Gasteiger partial charge is 0.462 e. The molecule has 1 unspecified atom stereocenters. The SMILES string of the molecule is CC/C=C\C/C=C\C/C=C\C/C=C\C/C=C\C/C=C\CCCCCCCCCCCCCCCCC(=O)OC(CO)COC(=O)CCCCCCCCCCC/C=C\C/C=C\C/C=C\C/C=C\C/C=C\CC. The second-order valence-corrected chi connectivity index (χ2v) is 19.3. The van der Waals surface area contributed by atoms with Crippen molar-refractivity contribution in [1.82, 2.24) is 0 Å². The van der Waals surface area contributed by atoms with Gasteiger partial charge in [-0.2, -0.15) is 0 Å². The van der Waals surface area contributed by atoms with E-state index in [1.54, 1.807) is 0 Å². The predicted octanol–water partition coefficient (Wildman–Crippen LogP) is 20.4. The van der Waals surface area contributed by atoms with Crippen LogP contribution in [0.4, 0.5) is 0 Å². The lowest BCUT2D eigenvalue weighted by molar-refractivity contribution is -0.161. The Bertz CT molecular complexity index is 1500. The fraction of sp³-hybridized carbons (Fsp3) is 0.642. The molecule has 5 heteroatoms. The molecule has 72 heavy (non-hydrogen) atoms. The van der Waals surface area contributed by atoms with Crippen LogP contribution < -0.4 is 0 Å². The fourth-order valence-electron chi connectivity index (χ4n) is 8.06. The van der Waals surface area contributed by atoms with Crippen LogP contribution in [0.1, 0.15) is 258 Å². The smallest absolute Gasteiger partial charge is 0.306 e. The Morgan fingerprint density at radius 1 is 0.319 bits per heavy atom. The van der Waals surface area contributed by atoms with E-state index >= 15 is 0 Å². The van der Waals surface area contributed by atoms with E-state index in [9.17, 15) is 14.7 Å². The zero-order valence-electron chi connectivity index (χ0n) is 46.6. The topological polar surface area (TPSA) is 72.8 Å². The van der Waals surface area contributed by atoms with E-state index in [0.717, 1.165) is 109 Å². The number of rotatable bonds is 53. The molecule has 0 aromatic rings. The highest BCUT2D eigenvalue weighted by Gasteiger charge is 2.16. The molecule has 0 radical (unpaired) electrons. The summed E-state index contributed by atoms with van der Waals surface area (Å²) >= 11 is 0. The molecule has 0 amide bonds. The monoisotopic (exact) mass is 995 g/mol. The van der Waals surface area contributed by atoms with Gasteiger partial charge < -0.3 is 14.6 Å². The first-order chi connectivity index (χ1) is 35.6. The van der Waals surface area contributed by atoms with Crippen LogP contribution in [0.5, 0.6) is 0 Å². The second kappa shape index (κ2) is 61.3. The molecule has 408 valence electrons. The highest BCUT2D eigenvalue weighted by Crippen LogP contribution is 2.16. The van der Waals surface area contributed by atoms with Crippen LogP contribution in [0.15, 0.2) is 134 Å². The second-order valence-electron chi connectivity index (χ2n) is 19.3. The zero-order valence-corrected chi connectivity index (χ0v) is 46.6. The van der Waals surface area contributed by atoms with E-state index in [-0.39, 0.29) is 25.2 Å². The maximum atomic E-state index is 12.3. The van der Waals surface area contributed by atoms with Gasteiger partial charge in [-0.25, -0.2) is 0 Å². The molecule has 5 nitrogen and oxygen atoms in total. The summed E-state index contributed by atoms with van der Waals surface area (Å²) < 4.78 is 10.7. The standard InChI is InChI=1S/C67H110O5/c1-3-5-7-9-11-13-15-17-19-21-23-25-27-29-30-31-32-33-34-35-36-38-40-42-44-46-48-50-52-54-56-58-60-62-67(70)72-65(63-68)64-71-66(69)61-59-57-55-53-51-49-47-45-43-41-39-37-28-26-24-22-20-18-16-14-12-10-8-6-4-2/h5-8,11-14,17-20,23-26,29-30,32-33,37,39,65,68H,3-4,9-10,15-16,21-22,27-28,31,34-36,38,40-64H2,1-2H3/b7-5-,8-6-,13-11-,14-12-,19-17-,20-18-,25-23-,26-24-,30-29-,33-32-,39-37-. The minimum absolute atomic E-state index is 0.0755. The van der Waals surface area contributed by atoms with Crippen molar-refractivity contribution in [3.63, 3.8) is 0 Å². The van der Waals surface area contributed by atoms with Gasteiger partial charge in [-0.3, -0.25) is 9.59 Å². The third-order valence-corrected chi connectivity index (χ3v) is 12.4. The first-order valence-electron chi connectivity index (χ1n) is 29.7. The number of aliphatic hydroxyl groups excluding tert-OH is 1. The van der Waals surface area contributed by atoms with Gasteiger partial charge in [-0.05, 0) is 109 Å². The fourth-order valence-corrected chi connectivity index (χ4v) is 8.06. The van der Waals surface area contributed by atoms with Crippen LogP contribution in [0.2, 0.25) is 0 Å². The summed E-state index contributed by atoms with van der Waals surface area (Å²) in [7, 11) is 0. The minimum atomic E-state index is -0.785. The van der Waals surface area contributed by atoms with Crippen LogP contribution in [-0.2, 0) is 19.1 Å². The lowest BCUT2D eigenvalue weighted by atomic mass is 10.0. The van der Waals surface area contributed by atoms with Crippen molar-refractivity contribution in [2.75, 3.05) is 13.2 Å². The summed E-state index contributed by atoms with van der Waals surface area (Å²) in [5.74, 6) is -0.601. The Morgan fingerprint density at radius 2 is 0.556 bits per heavy atom. The number of esters is 2. The highest BCUT2D eigenvalue weighted by atomic mass is 16.6. The summed E-state index contributed by atoms with van der Waals surface area (Å²) in [4.78, 5) is 24.6. The molecule has 1 atom stereocenters. The molecule has 0 heterocycles. The maximum absolute atomic E-state index is 12.3. The summed E-state index contributed by atoms with van der Waals surface area (Å²) in [5.41, 5.74) is 0. The summed E-state index contributed by atoms with van der Waals surface area (Å²) in [6.07, 6.45) is 91.4. The molecule has 0 rings (SSSR count). The number of hydrogen-bond donors (Lipinski definition) is 1. The van der Waals surface area contributed by atoms with E-state index in [1.165, 1.54) is 122 Å². The van der Waals surface area contributed by atoms with Gasteiger partial charge in [0, 0.05) is 12.8 Å². The normalized spacial score (nSPS) is 13.2. The molecule has 0 bridgehead atoms. The van der Waals surface area contributed by atoms with Crippen molar-refractivity contribution in [1.29, 1.82) is 0 Å². The average Bonchev–Trinajstić information content (AvgIpc) is 3.38. The third-order valence-electron chi connectivity index (χ3n) is 12.4. The minimum Gasteiger partial charge on any atom is -0.462 e. The molecule has 0 aliphatic heterocycles. The van der Waals surface area contributed by atoms with Crippen LogP contribution in [0.25, 0.3) is 0 Å². The Kier molecular flexibility index (Phi) is 58.0. The van der Waals surface area contributed by atoms with E-state index in [4.69, 9.17) is 9.47 Å². The summed E-state index contributed by atoms with van der Waals surface area (Å²) in [5, 5.41) is 9.67. The number of carbonyl (C=O) groups excluding carboxylic acids is 2. The van der Waals surface area contributed by atoms with E-state index < -0.39 is 6.10 Å². The van der Waals surface area contributed by atoms with Gasteiger partial charge in [0.05, 0.1) is 6.61 Å². The number of ether oxygens (including phenoxy) is 2. The maximum Gasteiger partial charge on any atom is 0.306 e. The first-order valence-corrected chi connectivity index (χ1v) is 29.7. The number of allylic oxidation sites excluding steroid dienone is 22. The van der Waals surface area contributed by atoms with Crippen LogP contribution in [0.3, 0.4) is 0 Å². The molecule has 0 aliphatic carbocycles. The number of aliphatic hydroxyl groups is 1. The van der Waals surface area contributed by atoms with E-state index in [2.05, 4.69) is 148 Å². The molecule has 0 fully saturated rings. The van der Waals surface area contributed by atoms with Crippen LogP contribution in [-0.4, -0.2) is 36.4 Å². The predicted molar refractivity (Wildman–Crippen MR) is 315 cm³/mol. The first kappa shape index (κ1) is 68.0. The Labute approximate surface area is 445 Å². The van der Waals surface area contributed by atoms with Crippen molar-refractivity contribution in [3.05, 3.63) is 134 Å². The summed E-state index contributed by atoms with van der Waals surface area (Å²) in [6, 6.07) is 0. The van der Waals surface area contributed by atoms with Crippen molar-refractivity contribution in [2.45, 2.75) is 264 Å². The molecule has 0 aromatic heterocycles. The number of unbranched alkanes of at least 4 members (excludes halogenated alkanes) is 23. The van der Waals surface area contributed by atoms with E-state index in [0.29, 0.717) is 12.8 Å². The van der Waals surface area contributed by atoms with Crippen LogP contribution in [0, 0.1) is 0 Å². The van der Waals surface area contributed by atoms with Crippen molar-refractivity contribution < 1.29 is 24.2 Å². The van der Waals surface area contributed by atoms with Gasteiger partial charge in [0.25, 0.3) is 0 Å². The van der Waals surface area contributed by atoms with Gasteiger partial charge in [-0.1, -0.05) is 270 Å². The van der Waals surface area contributed by atoms with Crippen molar-refractivity contribution in [2.24, 2.45) is 0 Å². The number of carbonyl (C=O) groups is 2. The molecule has 0 saturated carbocycles. The third kappa shape index (κ3) is 58.6. The van der Waals surface area contributed by atoms with Crippen molar-refractivity contribution in [3.8, 4) is 0 Å². The van der Waals surface area contributed by atoms with Crippen LogP contribution >= 0.6 is 0 Å². The number of hydrogen-bond acceptors (Lipinski definition) is 5. The quantitative estimate of drug-likeness (QED) is 0.0373. The lowest BCUT2D eigenvalue weighted by Gasteiger charge is -2.15. The summed E-state index contributed by atoms with van der Waals surface area (Å²) in [6.45, 7) is 3.91. The zero-order chi connectivity index (χ0) is 52.0. The molecule has 0 saturated heterocycles. The lowest BCUT2D eigenvalue weighted by Crippen LogP contribution is -2.28. The highest BCUT2D eigenvalue weighted by molar-refractivity contribution is 5.70. The molecular formula is C67H110O5. The molecular weight excluding hydrogens is 885 g/mol. The Balaban J connectivity index is 3.53. The molecule has 0 spiro atoms. The molecule has 0 aliphatic rings. The van der Waals surface area contributed by atoms with Crippen molar-refractivity contribution >= 4 is 11.9 Å². The van der Waals surface area contributed by atoms with Gasteiger partial charge >= 0.3 is 11.9 Å². The van der Waals surface area contributed by atoms with Gasteiger partial charge in [0.15, 0.2) is 6.10 Å². The van der Waals surface area contributed by atoms with E-state index in [1.807, 2.05) is 0 Å². The average molecular weight is 996 g/mol. The van der Waals surface area contributed by atoms with Gasteiger partial charge in [-0.15, -0.1) is 0 Å². The molecule has 0 aromatic carbocycles.